The van der Waals surface area contributed by atoms with Crippen molar-refractivity contribution in [3.63, 3.8) is 0 Å². The number of nitrogens with one attached hydrogen (secondary N) is 1. The number of nitrogens with zero attached hydrogens (tertiary/aromatic N) is 1. The van der Waals surface area contributed by atoms with Crippen molar-refractivity contribution >= 4 is 15.9 Å². The molecule has 0 saturated heterocycles. The van der Waals surface area contributed by atoms with Crippen LogP contribution in [0.2, 0.25) is 0 Å². The highest BCUT2D eigenvalue weighted by Crippen LogP contribution is 2.24. The molecular formula is C11H8BrFN2O3. The highest BCUT2D eigenvalue weighted by Gasteiger charge is 2.16. The van der Waals surface area contributed by atoms with Gasteiger partial charge < -0.3 is 5.11 Å². The van der Waals surface area contributed by atoms with Gasteiger partial charge in [0.25, 0.3) is 5.56 Å². The molecule has 1 heterocycles. The summed E-state index contributed by atoms with van der Waals surface area (Å²) in [4.78, 5) is 24.4. The molecule has 0 saturated carbocycles. The van der Waals surface area contributed by atoms with Crippen molar-refractivity contribution in [2.45, 2.75) is 6.92 Å². The first-order valence-corrected chi connectivity index (χ1v) is 5.71. The van der Waals surface area contributed by atoms with E-state index >= 15 is 0 Å². The summed E-state index contributed by atoms with van der Waals surface area (Å²) in [5, 5.41) is 9.55. The van der Waals surface area contributed by atoms with E-state index in [-0.39, 0.29) is 5.69 Å². The molecule has 0 fully saturated rings. The maximum absolute atomic E-state index is 13.3. The number of aromatic nitrogens is 2. The molecule has 0 aliphatic carbocycles. The molecule has 2 rings (SSSR count). The molecular weight excluding hydrogens is 307 g/mol. The van der Waals surface area contributed by atoms with Crippen LogP contribution in [-0.4, -0.2) is 14.7 Å². The first-order chi connectivity index (χ1) is 8.41. The Bertz CT molecular complexity index is 736. The Morgan fingerprint density at radius 1 is 1.39 bits per heavy atom. The normalized spacial score (nSPS) is 10.6. The molecule has 18 heavy (non-hydrogen) atoms. The Morgan fingerprint density at radius 2 is 2.06 bits per heavy atom. The second-order valence-corrected chi connectivity index (χ2v) is 4.54. The summed E-state index contributed by atoms with van der Waals surface area (Å²) in [5.41, 5.74) is -1.01. The van der Waals surface area contributed by atoms with E-state index < -0.39 is 22.9 Å². The van der Waals surface area contributed by atoms with Crippen LogP contribution in [0.1, 0.15) is 5.56 Å². The fourth-order valence-corrected chi connectivity index (χ4v) is 2.19. The highest BCUT2D eigenvalue weighted by atomic mass is 79.9. The fourth-order valence-electron chi connectivity index (χ4n) is 1.52. The standard InChI is InChI=1S/C11H8BrFN2O3/c1-5-2-3-7(6(12)4-5)15-10(17)8(13)9(16)14-11(15)18/h2-4,17H,1H3,(H,14,16,18). The Balaban J connectivity index is 2.84. The van der Waals surface area contributed by atoms with Crippen LogP contribution < -0.4 is 11.2 Å². The molecule has 0 bridgehead atoms. The summed E-state index contributed by atoms with van der Waals surface area (Å²) < 4.78 is 14.5. The summed E-state index contributed by atoms with van der Waals surface area (Å²) in [6.45, 7) is 1.84. The van der Waals surface area contributed by atoms with E-state index in [0.29, 0.717) is 9.04 Å². The summed E-state index contributed by atoms with van der Waals surface area (Å²) in [5.74, 6) is -2.42. The number of benzene rings is 1. The van der Waals surface area contributed by atoms with Crippen molar-refractivity contribution in [3.8, 4) is 11.6 Å². The minimum absolute atomic E-state index is 0.234. The van der Waals surface area contributed by atoms with Gasteiger partial charge in [0.15, 0.2) is 0 Å². The number of aromatic hydroxyl groups is 1. The lowest BCUT2D eigenvalue weighted by atomic mass is 10.2. The molecule has 5 nitrogen and oxygen atoms in total. The van der Waals surface area contributed by atoms with E-state index in [2.05, 4.69) is 15.9 Å². The highest BCUT2D eigenvalue weighted by molar-refractivity contribution is 9.10. The van der Waals surface area contributed by atoms with Gasteiger partial charge in [-0.05, 0) is 40.5 Å². The molecule has 0 radical (unpaired) electrons. The van der Waals surface area contributed by atoms with Gasteiger partial charge in [-0.1, -0.05) is 6.07 Å². The van der Waals surface area contributed by atoms with Crippen LogP contribution in [0, 0.1) is 12.7 Å². The second kappa shape index (κ2) is 4.41. The zero-order valence-electron chi connectivity index (χ0n) is 9.20. The topological polar surface area (TPSA) is 75.1 Å². The van der Waals surface area contributed by atoms with Crippen molar-refractivity contribution in [1.29, 1.82) is 0 Å². The second-order valence-electron chi connectivity index (χ2n) is 3.69. The van der Waals surface area contributed by atoms with Crippen LogP contribution in [0.4, 0.5) is 4.39 Å². The van der Waals surface area contributed by atoms with E-state index in [9.17, 15) is 19.1 Å². The lowest BCUT2D eigenvalue weighted by Gasteiger charge is -2.10. The molecule has 0 atom stereocenters. The third kappa shape index (κ3) is 1.97. The largest absolute Gasteiger partial charge is 0.492 e. The third-order valence-electron chi connectivity index (χ3n) is 2.38. The summed E-state index contributed by atoms with van der Waals surface area (Å²) in [6, 6.07) is 4.91. The first-order valence-electron chi connectivity index (χ1n) is 4.92. The van der Waals surface area contributed by atoms with E-state index in [0.717, 1.165) is 5.56 Å². The van der Waals surface area contributed by atoms with Crippen molar-refractivity contribution in [3.05, 3.63) is 54.9 Å². The molecule has 0 spiro atoms. The van der Waals surface area contributed by atoms with E-state index in [1.165, 1.54) is 6.07 Å². The van der Waals surface area contributed by atoms with Crippen LogP contribution >= 0.6 is 15.9 Å². The van der Waals surface area contributed by atoms with Crippen molar-refractivity contribution in [2.24, 2.45) is 0 Å². The minimum Gasteiger partial charge on any atom is -0.492 e. The van der Waals surface area contributed by atoms with Gasteiger partial charge in [-0.3, -0.25) is 9.78 Å². The van der Waals surface area contributed by atoms with Gasteiger partial charge >= 0.3 is 5.69 Å². The zero-order chi connectivity index (χ0) is 13.4. The SMILES string of the molecule is Cc1ccc(-n2c(O)c(F)c(=O)[nH]c2=O)c(Br)c1. The maximum Gasteiger partial charge on any atom is 0.335 e. The predicted molar refractivity (Wildman–Crippen MR) is 66.7 cm³/mol. The van der Waals surface area contributed by atoms with E-state index in [1.807, 2.05) is 6.92 Å². The Hall–Kier alpha value is -1.89. The van der Waals surface area contributed by atoms with Gasteiger partial charge in [0, 0.05) is 4.47 Å². The molecule has 0 aliphatic heterocycles. The van der Waals surface area contributed by atoms with E-state index in [1.54, 1.807) is 17.1 Å². The van der Waals surface area contributed by atoms with Crippen molar-refractivity contribution in [2.75, 3.05) is 0 Å². The number of halogens is 2. The molecule has 0 amide bonds. The zero-order valence-corrected chi connectivity index (χ0v) is 10.8. The summed E-state index contributed by atoms with van der Waals surface area (Å²) >= 11 is 3.21. The van der Waals surface area contributed by atoms with Gasteiger partial charge in [0.2, 0.25) is 11.7 Å². The molecule has 0 unspecified atom stereocenters. The number of aryl methyl sites for hydroxylation is 1. The summed E-state index contributed by atoms with van der Waals surface area (Å²) in [7, 11) is 0. The molecule has 7 heteroatoms. The Labute approximate surface area is 109 Å². The smallest absolute Gasteiger partial charge is 0.335 e. The first kappa shape index (κ1) is 12.6. The number of H-pyrrole nitrogens is 1. The van der Waals surface area contributed by atoms with Crippen molar-refractivity contribution in [1.82, 2.24) is 9.55 Å². The van der Waals surface area contributed by atoms with Crippen LogP contribution in [0.15, 0.2) is 32.3 Å². The molecule has 2 aromatic rings. The molecule has 2 N–H and O–H groups in total. The third-order valence-corrected chi connectivity index (χ3v) is 3.01. The monoisotopic (exact) mass is 314 g/mol. The molecule has 0 aliphatic rings. The lowest BCUT2D eigenvalue weighted by molar-refractivity contribution is 0.386. The molecule has 1 aromatic carbocycles. The van der Waals surface area contributed by atoms with Crippen LogP contribution in [0.5, 0.6) is 5.88 Å². The fraction of sp³-hybridized carbons (Fsp3) is 0.0909. The Kier molecular flexibility index (Phi) is 3.08. The number of aromatic amines is 1. The van der Waals surface area contributed by atoms with Crippen molar-refractivity contribution < 1.29 is 9.50 Å². The Morgan fingerprint density at radius 3 is 2.67 bits per heavy atom. The minimum atomic E-state index is -1.40. The average molecular weight is 315 g/mol. The number of rotatable bonds is 1. The predicted octanol–water partition coefficient (Wildman–Crippen LogP) is 1.44. The molecule has 1 aromatic heterocycles. The van der Waals surface area contributed by atoms with Gasteiger partial charge in [0.1, 0.15) is 0 Å². The summed E-state index contributed by atoms with van der Waals surface area (Å²) in [6.07, 6.45) is 0. The van der Waals surface area contributed by atoms with Gasteiger partial charge in [0.05, 0.1) is 5.69 Å². The van der Waals surface area contributed by atoms with Crippen LogP contribution in [-0.2, 0) is 0 Å². The van der Waals surface area contributed by atoms with Gasteiger partial charge in [-0.15, -0.1) is 0 Å². The van der Waals surface area contributed by atoms with E-state index in [4.69, 9.17) is 0 Å². The quantitative estimate of drug-likeness (QED) is 0.836. The van der Waals surface area contributed by atoms with Gasteiger partial charge in [-0.2, -0.15) is 4.39 Å². The number of hydrogen-bond acceptors (Lipinski definition) is 3. The average Bonchev–Trinajstić information content (AvgIpc) is 2.29. The lowest BCUT2D eigenvalue weighted by Crippen LogP contribution is -2.31. The van der Waals surface area contributed by atoms with Crippen LogP contribution in [0.3, 0.4) is 0 Å². The van der Waals surface area contributed by atoms with Crippen LogP contribution in [0.25, 0.3) is 5.69 Å². The molecule has 94 valence electrons. The maximum atomic E-state index is 13.3. The number of hydrogen-bond donors (Lipinski definition) is 2. The van der Waals surface area contributed by atoms with Gasteiger partial charge in [-0.25, -0.2) is 9.36 Å².